The lowest BCUT2D eigenvalue weighted by Gasteiger charge is -2.33. The van der Waals surface area contributed by atoms with Crippen molar-refractivity contribution in [1.29, 1.82) is 0 Å². The maximum absolute atomic E-state index is 12.5. The first-order valence-corrected chi connectivity index (χ1v) is 9.47. The Morgan fingerprint density at radius 1 is 1.25 bits per heavy atom. The van der Waals surface area contributed by atoms with Gasteiger partial charge in [-0.3, -0.25) is 4.79 Å². The molecule has 24 heavy (non-hydrogen) atoms. The molecule has 0 N–H and O–H groups in total. The molecule has 2 aromatic heterocycles. The molecule has 0 aromatic carbocycles. The number of rotatable bonds is 3. The van der Waals surface area contributed by atoms with Gasteiger partial charge in [-0.1, -0.05) is 6.07 Å². The van der Waals surface area contributed by atoms with Crippen molar-refractivity contribution in [3.63, 3.8) is 0 Å². The van der Waals surface area contributed by atoms with Crippen LogP contribution in [0.25, 0.3) is 0 Å². The SMILES string of the molecule is O=C(c1cccs1)N1CC[C@H]2C[C@H](c3nnc(C4CC4)o3)O[C@@H]2C1. The third kappa shape index (κ3) is 2.56. The zero-order valence-electron chi connectivity index (χ0n) is 13.3. The number of nitrogens with zero attached hydrogens (tertiary/aromatic N) is 3. The van der Waals surface area contributed by atoms with Crippen LogP contribution in [-0.4, -0.2) is 40.2 Å². The molecule has 2 saturated heterocycles. The van der Waals surface area contributed by atoms with Crippen LogP contribution in [0.2, 0.25) is 0 Å². The van der Waals surface area contributed by atoms with E-state index in [-0.39, 0.29) is 18.1 Å². The van der Waals surface area contributed by atoms with Gasteiger partial charge in [-0.05, 0) is 43.0 Å². The fourth-order valence-electron chi connectivity index (χ4n) is 3.70. The first kappa shape index (κ1) is 14.6. The molecule has 3 aliphatic rings. The molecule has 126 valence electrons. The summed E-state index contributed by atoms with van der Waals surface area (Å²) in [6, 6.07) is 3.80. The van der Waals surface area contributed by atoms with Crippen molar-refractivity contribution in [1.82, 2.24) is 15.1 Å². The van der Waals surface area contributed by atoms with Gasteiger partial charge in [0.05, 0.1) is 11.0 Å². The van der Waals surface area contributed by atoms with Crippen molar-refractivity contribution in [2.24, 2.45) is 5.92 Å². The highest BCUT2D eigenvalue weighted by molar-refractivity contribution is 7.12. The molecule has 5 rings (SSSR count). The first-order chi connectivity index (χ1) is 11.8. The van der Waals surface area contributed by atoms with Crippen LogP contribution in [0.5, 0.6) is 0 Å². The summed E-state index contributed by atoms with van der Waals surface area (Å²) < 4.78 is 12.0. The van der Waals surface area contributed by atoms with Gasteiger partial charge < -0.3 is 14.1 Å². The number of carbonyl (C=O) groups is 1. The number of fused-ring (bicyclic) bond motifs is 1. The average molecular weight is 345 g/mol. The van der Waals surface area contributed by atoms with Gasteiger partial charge in [0.15, 0.2) is 0 Å². The van der Waals surface area contributed by atoms with Crippen molar-refractivity contribution in [2.75, 3.05) is 13.1 Å². The van der Waals surface area contributed by atoms with E-state index in [9.17, 15) is 4.79 Å². The van der Waals surface area contributed by atoms with Crippen molar-refractivity contribution in [3.8, 4) is 0 Å². The molecule has 1 saturated carbocycles. The second-order valence-corrected chi connectivity index (χ2v) is 7.88. The molecule has 0 unspecified atom stereocenters. The van der Waals surface area contributed by atoms with Crippen LogP contribution in [0.1, 0.15) is 59.2 Å². The third-order valence-electron chi connectivity index (χ3n) is 5.23. The molecule has 2 aliphatic heterocycles. The molecule has 1 amide bonds. The highest BCUT2D eigenvalue weighted by atomic mass is 32.1. The number of amides is 1. The summed E-state index contributed by atoms with van der Waals surface area (Å²) >= 11 is 1.49. The quantitative estimate of drug-likeness (QED) is 0.855. The highest BCUT2D eigenvalue weighted by Gasteiger charge is 2.43. The van der Waals surface area contributed by atoms with Gasteiger partial charge in [0.1, 0.15) is 6.10 Å². The van der Waals surface area contributed by atoms with E-state index in [0.717, 1.165) is 43.0 Å². The number of carbonyl (C=O) groups excluding carboxylic acids is 1. The number of likely N-dealkylation sites (tertiary alicyclic amines) is 1. The van der Waals surface area contributed by atoms with Crippen molar-refractivity contribution >= 4 is 17.2 Å². The Hall–Kier alpha value is -1.73. The minimum Gasteiger partial charge on any atom is -0.422 e. The second-order valence-electron chi connectivity index (χ2n) is 6.93. The fourth-order valence-corrected chi connectivity index (χ4v) is 4.39. The van der Waals surface area contributed by atoms with Gasteiger partial charge >= 0.3 is 0 Å². The minimum absolute atomic E-state index is 0.0731. The van der Waals surface area contributed by atoms with E-state index >= 15 is 0 Å². The van der Waals surface area contributed by atoms with Crippen LogP contribution in [0.3, 0.4) is 0 Å². The van der Waals surface area contributed by atoms with Crippen LogP contribution in [0, 0.1) is 5.92 Å². The van der Waals surface area contributed by atoms with Gasteiger partial charge in [0, 0.05) is 19.0 Å². The van der Waals surface area contributed by atoms with E-state index in [1.165, 1.54) is 11.3 Å². The number of hydrogen-bond donors (Lipinski definition) is 0. The number of thiophene rings is 1. The number of hydrogen-bond acceptors (Lipinski definition) is 6. The maximum atomic E-state index is 12.5. The molecule has 3 fully saturated rings. The van der Waals surface area contributed by atoms with E-state index in [0.29, 0.717) is 24.3 Å². The number of aromatic nitrogens is 2. The largest absolute Gasteiger partial charge is 0.422 e. The second kappa shape index (κ2) is 5.67. The van der Waals surface area contributed by atoms with E-state index < -0.39 is 0 Å². The Morgan fingerprint density at radius 3 is 2.92 bits per heavy atom. The van der Waals surface area contributed by atoms with Gasteiger partial charge in [0.25, 0.3) is 5.91 Å². The standard InChI is InChI=1S/C17H19N3O3S/c21-17(14-2-1-7-24-14)20-6-5-11-8-12(22-13(11)9-20)16-19-18-15(23-16)10-3-4-10/h1-2,7,10-13H,3-6,8-9H2/t11-,12+,13+/m0/s1. The Morgan fingerprint density at radius 2 is 2.12 bits per heavy atom. The van der Waals surface area contributed by atoms with Gasteiger partial charge in [-0.25, -0.2) is 0 Å². The predicted octanol–water partition coefficient (Wildman–Crippen LogP) is 3.00. The van der Waals surface area contributed by atoms with Crippen LogP contribution >= 0.6 is 11.3 Å². The third-order valence-corrected chi connectivity index (χ3v) is 6.09. The summed E-state index contributed by atoms with van der Waals surface area (Å²) in [7, 11) is 0. The van der Waals surface area contributed by atoms with E-state index in [1.54, 1.807) is 0 Å². The van der Waals surface area contributed by atoms with E-state index in [2.05, 4.69) is 10.2 Å². The van der Waals surface area contributed by atoms with Crippen molar-refractivity contribution in [3.05, 3.63) is 34.2 Å². The molecule has 7 heteroatoms. The molecular formula is C17H19N3O3S. The monoisotopic (exact) mass is 345 g/mol. The van der Waals surface area contributed by atoms with Crippen molar-refractivity contribution in [2.45, 2.75) is 43.8 Å². The minimum atomic E-state index is -0.114. The summed E-state index contributed by atoms with van der Waals surface area (Å²) in [4.78, 5) is 15.2. The molecule has 0 bridgehead atoms. The van der Waals surface area contributed by atoms with E-state index in [4.69, 9.17) is 9.15 Å². The fraction of sp³-hybridized carbons (Fsp3) is 0.588. The lowest BCUT2D eigenvalue weighted by Crippen LogP contribution is -2.45. The van der Waals surface area contributed by atoms with Crippen LogP contribution in [0.4, 0.5) is 0 Å². The van der Waals surface area contributed by atoms with Gasteiger partial charge in [-0.15, -0.1) is 21.5 Å². The molecule has 3 atom stereocenters. The summed E-state index contributed by atoms with van der Waals surface area (Å²) in [6.07, 6.45) is 4.15. The maximum Gasteiger partial charge on any atom is 0.264 e. The molecule has 0 spiro atoms. The van der Waals surface area contributed by atoms with Crippen LogP contribution < -0.4 is 0 Å². The normalized spacial score (nSPS) is 29.7. The lowest BCUT2D eigenvalue weighted by molar-refractivity contribution is -0.0123. The Labute approximate surface area is 143 Å². The zero-order valence-corrected chi connectivity index (χ0v) is 14.1. The Bertz CT molecular complexity index is 740. The lowest BCUT2D eigenvalue weighted by atomic mass is 9.91. The summed E-state index contributed by atoms with van der Waals surface area (Å²) in [5.74, 6) is 2.43. The number of ether oxygens (including phenoxy) is 1. The first-order valence-electron chi connectivity index (χ1n) is 8.59. The summed E-state index contributed by atoms with van der Waals surface area (Å²) in [6.45, 7) is 1.45. The topological polar surface area (TPSA) is 68.5 Å². The molecule has 1 aliphatic carbocycles. The Balaban J connectivity index is 1.26. The summed E-state index contributed by atoms with van der Waals surface area (Å²) in [5.41, 5.74) is 0. The zero-order chi connectivity index (χ0) is 16.1. The van der Waals surface area contributed by atoms with E-state index in [1.807, 2.05) is 22.4 Å². The molecule has 2 aromatic rings. The highest BCUT2D eigenvalue weighted by Crippen LogP contribution is 2.43. The summed E-state index contributed by atoms with van der Waals surface area (Å²) in [5, 5.41) is 10.3. The van der Waals surface area contributed by atoms with Crippen LogP contribution in [-0.2, 0) is 4.74 Å². The average Bonchev–Trinajstić information content (AvgIpc) is 3.06. The smallest absolute Gasteiger partial charge is 0.264 e. The predicted molar refractivity (Wildman–Crippen MR) is 86.8 cm³/mol. The molecule has 6 nitrogen and oxygen atoms in total. The van der Waals surface area contributed by atoms with Gasteiger partial charge in [0.2, 0.25) is 11.8 Å². The van der Waals surface area contributed by atoms with Crippen LogP contribution in [0.15, 0.2) is 21.9 Å². The van der Waals surface area contributed by atoms with Gasteiger partial charge in [-0.2, -0.15) is 0 Å². The Kier molecular flexibility index (Phi) is 3.45. The van der Waals surface area contributed by atoms with Crippen molar-refractivity contribution < 1.29 is 13.9 Å². The molecular weight excluding hydrogens is 326 g/mol. The molecule has 0 radical (unpaired) electrons. The number of piperidine rings is 1. The molecule has 4 heterocycles.